The van der Waals surface area contributed by atoms with Crippen molar-refractivity contribution in [1.82, 2.24) is 4.90 Å². The van der Waals surface area contributed by atoms with Crippen LogP contribution < -0.4 is 0 Å². The van der Waals surface area contributed by atoms with Crippen molar-refractivity contribution in [1.29, 1.82) is 0 Å². The number of halogens is 1. The van der Waals surface area contributed by atoms with E-state index in [1.165, 1.54) is 0 Å². The Morgan fingerprint density at radius 2 is 2.00 bits per heavy atom. The van der Waals surface area contributed by atoms with Gasteiger partial charge < -0.3 is 14.7 Å². The monoisotopic (exact) mass is 395 g/mol. The number of cyclic esters (lactones) is 1. The number of benzene rings is 1. The molecular formula is C19H26BrNO3. The Balaban J connectivity index is 1.74. The molecule has 2 fully saturated rings. The predicted octanol–water partition coefficient (Wildman–Crippen LogP) is 4.66. The van der Waals surface area contributed by atoms with Gasteiger partial charge in [0.25, 0.3) is 0 Å². The van der Waals surface area contributed by atoms with Crippen LogP contribution in [0.15, 0.2) is 28.7 Å². The van der Waals surface area contributed by atoms with Crippen molar-refractivity contribution in [3.8, 4) is 0 Å². The number of aliphatic hydroxyl groups is 1. The van der Waals surface area contributed by atoms with Gasteiger partial charge in [-0.3, -0.25) is 0 Å². The molecule has 0 aromatic heterocycles. The summed E-state index contributed by atoms with van der Waals surface area (Å²) in [6.07, 6.45) is 3.22. The maximum atomic E-state index is 12.7. The summed E-state index contributed by atoms with van der Waals surface area (Å²) in [5, 5.41) is 10.3. The second kappa shape index (κ2) is 6.34. The normalized spacial score (nSPS) is 26.2. The zero-order chi connectivity index (χ0) is 17.5. The summed E-state index contributed by atoms with van der Waals surface area (Å²) in [7, 11) is 0. The third-order valence-electron chi connectivity index (χ3n) is 5.17. The fourth-order valence-corrected chi connectivity index (χ4v) is 4.12. The molecule has 5 heteroatoms. The van der Waals surface area contributed by atoms with E-state index in [0.29, 0.717) is 18.9 Å². The van der Waals surface area contributed by atoms with E-state index in [0.717, 1.165) is 29.3 Å². The first-order valence-corrected chi connectivity index (χ1v) is 9.47. The number of ether oxygens (including phenoxy) is 1. The molecule has 1 N–H and O–H groups in total. The molecule has 0 radical (unpaired) electrons. The molecule has 1 unspecified atom stereocenters. The molecule has 1 aromatic rings. The van der Waals surface area contributed by atoms with Crippen molar-refractivity contribution >= 4 is 22.0 Å². The van der Waals surface area contributed by atoms with Crippen LogP contribution in [0.3, 0.4) is 0 Å². The van der Waals surface area contributed by atoms with Gasteiger partial charge in [-0.05, 0) is 57.2 Å². The number of amides is 1. The standard InChI is InChI=1S/C19H26BrNO3/c1-13(14-4-8-16(20)9-5-14)21-11-10-19(15-6-7-15,24-17(21)22)12-18(2,3)23/h4-5,8-9,13,15,23H,6-7,10-12H2,1-3H3/t13?,19-/m0/s1. The molecule has 1 aliphatic carbocycles. The van der Waals surface area contributed by atoms with E-state index in [1.807, 2.05) is 31.2 Å². The van der Waals surface area contributed by atoms with Crippen LogP contribution in [0, 0.1) is 5.92 Å². The Bertz CT molecular complexity index is 606. The summed E-state index contributed by atoms with van der Waals surface area (Å²) in [4.78, 5) is 14.5. The van der Waals surface area contributed by atoms with Crippen LogP contribution in [-0.4, -0.2) is 33.8 Å². The van der Waals surface area contributed by atoms with Gasteiger partial charge in [0.05, 0.1) is 11.6 Å². The summed E-state index contributed by atoms with van der Waals surface area (Å²) in [5.41, 5.74) is -0.232. The number of hydrogen-bond donors (Lipinski definition) is 1. The van der Waals surface area contributed by atoms with Crippen molar-refractivity contribution in [2.75, 3.05) is 6.54 Å². The molecule has 4 nitrogen and oxygen atoms in total. The lowest BCUT2D eigenvalue weighted by Crippen LogP contribution is -2.54. The van der Waals surface area contributed by atoms with E-state index in [4.69, 9.17) is 4.74 Å². The van der Waals surface area contributed by atoms with E-state index in [1.54, 1.807) is 18.7 Å². The average molecular weight is 396 g/mol. The van der Waals surface area contributed by atoms with E-state index in [9.17, 15) is 9.90 Å². The highest BCUT2D eigenvalue weighted by Gasteiger charge is 2.53. The molecule has 132 valence electrons. The zero-order valence-corrected chi connectivity index (χ0v) is 16.2. The lowest BCUT2D eigenvalue weighted by Gasteiger charge is -2.45. The van der Waals surface area contributed by atoms with Crippen molar-refractivity contribution in [3.63, 3.8) is 0 Å². The molecule has 1 saturated carbocycles. The smallest absolute Gasteiger partial charge is 0.410 e. The maximum absolute atomic E-state index is 12.7. The third kappa shape index (κ3) is 3.77. The molecule has 1 amide bonds. The summed E-state index contributed by atoms with van der Waals surface area (Å²) in [6, 6.07) is 8.02. The summed E-state index contributed by atoms with van der Waals surface area (Å²) in [5.74, 6) is 0.401. The van der Waals surface area contributed by atoms with Crippen LogP contribution in [0.5, 0.6) is 0 Å². The fraction of sp³-hybridized carbons (Fsp3) is 0.632. The topological polar surface area (TPSA) is 49.8 Å². The zero-order valence-electron chi connectivity index (χ0n) is 14.6. The first kappa shape index (κ1) is 17.7. The van der Waals surface area contributed by atoms with Crippen molar-refractivity contribution in [2.45, 2.75) is 63.7 Å². The van der Waals surface area contributed by atoms with Gasteiger partial charge in [-0.2, -0.15) is 0 Å². The molecule has 24 heavy (non-hydrogen) atoms. The molecule has 0 bridgehead atoms. The van der Waals surface area contributed by atoms with E-state index in [-0.39, 0.29) is 12.1 Å². The highest BCUT2D eigenvalue weighted by molar-refractivity contribution is 9.10. The van der Waals surface area contributed by atoms with Gasteiger partial charge in [-0.15, -0.1) is 0 Å². The number of rotatable bonds is 5. The maximum Gasteiger partial charge on any atom is 0.410 e. The van der Waals surface area contributed by atoms with Gasteiger partial charge in [-0.1, -0.05) is 28.1 Å². The number of carbonyl (C=O) groups is 1. The van der Waals surface area contributed by atoms with Crippen LogP contribution in [0.4, 0.5) is 4.79 Å². The highest BCUT2D eigenvalue weighted by atomic mass is 79.9. The van der Waals surface area contributed by atoms with Crippen LogP contribution in [0.1, 0.15) is 58.1 Å². The minimum atomic E-state index is -0.831. The summed E-state index contributed by atoms with van der Waals surface area (Å²) >= 11 is 3.44. The van der Waals surface area contributed by atoms with Gasteiger partial charge in [0.1, 0.15) is 5.60 Å². The Kier molecular flexibility index (Phi) is 4.69. The quantitative estimate of drug-likeness (QED) is 0.788. The molecular weight excluding hydrogens is 370 g/mol. The van der Waals surface area contributed by atoms with Crippen LogP contribution >= 0.6 is 15.9 Å². The van der Waals surface area contributed by atoms with Crippen LogP contribution in [0.2, 0.25) is 0 Å². The molecule has 1 heterocycles. The molecule has 0 spiro atoms. The molecule has 2 aliphatic rings. The van der Waals surface area contributed by atoms with Gasteiger partial charge in [0, 0.05) is 23.9 Å². The van der Waals surface area contributed by atoms with E-state index in [2.05, 4.69) is 15.9 Å². The molecule has 1 aromatic carbocycles. The van der Waals surface area contributed by atoms with Gasteiger partial charge in [0.2, 0.25) is 0 Å². The van der Waals surface area contributed by atoms with Gasteiger partial charge >= 0.3 is 6.09 Å². The minimum absolute atomic E-state index is 0.0232. The van der Waals surface area contributed by atoms with Crippen LogP contribution in [-0.2, 0) is 4.74 Å². The first-order chi connectivity index (χ1) is 11.2. The molecule has 3 rings (SSSR count). The molecule has 1 aliphatic heterocycles. The average Bonchev–Trinajstić information content (AvgIpc) is 3.31. The Morgan fingerprint density at radius 3 is 2.50 bits per heavy atom. The van der Waals surface area contributed by atoms with Crippen molar-refractivity contribution < 1.29 is 14.6 Å². The summed E-state index contributed by atoms with van der Waals surface area (Å²) < 4.78 is 7.00. The molecule has 2 atom stereocenters. The van der Waals surface area contributed by atoms with E-state index < -0.39 is 11.2 Å². The second-order valence-corrected chi connectivity index (χ2v) is 8.78. The SMILES string of the molecule is CC(c1ccc(Br)cc1)N1CC[C@](CC(C)(C)O)(C2CC2)OC1=O. The number of nitrogens with zero attached hydrogens (tertiary/aromatic N) is 1. The van der Waals surface area contributed by atoms with Crippen molar-refractivity contribution in [3.05, 3.63) is 34.3 Å². The Hall–Kier alpha value is -1.07. The number of carbonyl (C=O) groups excluding carboxylic acids is 1. The largest absolute Gasteiger partial charge is 0.442 e. The first-order valence-electron chi connectivity index (χ1n) is 8.68. The van der Waals surface area contributed by atoms with Gasteiger partial charge in [0.15, 0.2) is 0 Å². The Morgan fingerprint density at radius 1 is 1.38 bits per heavy atom. The second-order valence-electron chi connectivity index (χ2n) is 7.87. The van der Waals surface area contributed by atoms with Crippen LogP contribution in [0.25, 0.3) is 0 Å². The van der Waals surface area contributed by atoms with Crippen molar-refractivity contribution in [2.24, 2.45) is 5.92 Å². The fourth-order valence-electron chi connectivity index (χ4n) is 3.86. The minimum Gasteiger partial charge on any atom is -0.442 e. The highest BCUT2D eigenvalue weighted by Crippen LogP contribution is 2.50. The molecule has 1 saturated heterocycles. The van der Waals surface area contributed by atoms with E-state index >= 15 is 0 Å². The number of hydrogen-bond acceptors (Lipinski definition) is 3. The third-order valence-corrected chi connectivity index (χ3v) is 5.70. The lowest BCUT2D eigenvalue weighted by molar-refractivity contribution is -0.108. The van der Waals surface area contributed by atoms with Gasteiger partial charge in [-0.25, -0.2) is 4.79 Å². The lowest BCUT2D eigenvalue weighted by atomic mass is 9.81. The Labute approximate surface area is 152 Å². The summed E-state index contributed by atoms with van der Waals surface area (Å²) in [6.45, 7) is 6.29. The predicted molar refractivity (Wildman–Crippen MR) is 96.7 cm³/mol.